The first-order valence-corrected chi connectivity index (χ1v) is 7.47. The number of hydrogen-bond donors (Lipinski definition) is 1. The highest BCUT2D eigenvalue weighted by Gasteiger charge is 2.60. The van der Waals surface area contributed by atoms with Crippen LogP contribution < -0.4 is 5.32 Å². The standard InChI is InChI=1S/C15H16Cl3NO/c1-8-10(16)5-4-6-11(8)19-14(20)13-9(7-12(17)18)15(13,2)3/h4-7,9,13H,1-3H3,(H,19,20)/t9-,13+/m1/s1. The number of halogens is 3. The monoisotopic (exact) mass is 331 g/mol. The van der Waals surface area contributed by atoms with Crippen molar-refractivity contribution < 1.29 is 4.79 Å². The van der Waals surface area contributed by atoms with Gasteiger partial charge in [-0.05, 0) is 42.0 Å². The van der Waals surface area contributed by atoms with Crippen LogP contribution in [0.3, 0.4) is 0 Å². The zero-order valence-electron chi connectivity index (χ0n) is 11.5. The van der Waals surface area contributed by atoms with Crippen LogP contribution in [-0.2, 0) is 4.79 Å². The molecule has 2 nitrogen and oxygen atoms in total. The molecule has 1 fully saturated rings. The van der Waals surface area contributed by atoms with Gasteiger partial charge in [-0.3, -0.25) is 4.79 Å². The Balaban J connectivity index is 2.14. The van der Waals surface area contributed by atoms with Crippen LogP contribution >= 0.6 is 34.8 Å². The first kappa shape index (κ1) is 15.7. The maximum atomic E-state index is 12.4. The van der Waals surface area contributed by atoms with Crippen LogP contribution in [0, 0.1) is 24.2 Å². The van der Waals surface area contributed by atoms with Crippen LogP contribution in [0.15, 0.2) is 28.8 Å². The molecule has 1 amide bonds. The van der Waals surface area contributed by atoms with Gasteiger partial charge in [-0.1, -0.05) is 54.7 Å². The summed E-state index contributed by atoms with van der Waals surface area (Å²) in [5.41, 5.74) is 1.47. The van der Waals surface area contributed by atoms with Gasteiger partial charge in [-0.15, -0.1) is 0 Å². The summed E-state index contributed by atoms with van der Waals surface area (Å²) in [6.07, 6.45) is 1.73. The van der Waals surface area contributed by atoms with Crippen LogP contribution in [0.25, 0.3) is 0 Å². The fourth-order valence-electron chi connectivity index (χ4n) is 2.58. The van der Waals surface area contributed by atoms with Crippen molar-refractivity contribution in [2.45, 2.75) is 20.8 Å². The molecule has 1 aromatic carbocycles. The molecule has 0 radical (unpaired) electrons. The largest absolute Gasteiger partial charge is 0.326 e. The Labute approximate surface area is 134 Å². The zero-order valence-corrected chi connectivity index (χ0v) is 13.8. The lowest BCUT2D eigenvalue weighted by atomic mass is 10.1. The average molecular weight is 333 g/mol. The topological polar surface area (TPSA) is 29.1 Å². The number of nitrogens with one attached hydrogen (secondary N) is 1. The first-order chi connectivity index (χ1) is 9.25. The normalized spacial score (nSPS) is 23.1. The third-order valence-electron chi connectivity index (χ3n) is 4.02. The highest BCUT2D eigenvalue weighted by Crippen LogP contribution is 2.60. The van der Waals surface area contributed by atoms with Crippen LogP contribution in [0.1, 0.15) is 19.4 Å². The van der Waals surface area contributed by atoms with Crippen LogP contribution in [0.4, 0.5) is 5.69 Å². The molecule has 0 bridgehead atoms. The summed E-state index contributed by atoms with van der Waals surface area (Å²) in [5.74, 6) is -0.100. The van der Waals surface area contributed by atoms with E-state index in [2.05, 4.69) is 5.32 Å². The van der Waals surface area contributed by atoms with Gasteiger partial charge < -0.3 is 5.32 Å². The van der Waals surface area contributed by atoms with E-state index in [0.717, 1.165) is 11.3 Å². The van der Waals surface area contributed by atoms with Gasteiger partial charge in [0.05, 0.1) is 5.92 Å². The molecule has 2 atom stereocenters. The predicted octanol–water partition coefficient (Wildman–Crippen LogP) is 5.18. The summed E-state index contributed by atoms with van der Waals surface area (Å²) in [6.45, 7) is 5.93. The van der Waals surface area contributed by atoms with Crippen LogP contribution in [0.5, 0.6) is 0 Å². The number of allylic oxidation sites excluding steroid dienone is 1. The van der Waals surface area contributed by atoms with E-state index in [0.29, 0.717) is 5.02 Å². The Hall–Kier alpha value is -0.700. The SMILES string of the molecule is Cc1c(Cl)cccc1NC(=O)[C@@H]1[C@@H](C=C(Cl)Cl)C1(C)C. The number of hydrogen-bond acceptors (Lipinski definition) is 1. The molecule has 1 N–H and O–H groups in total. The molecule has 0 spiro atoms. The minimum Gasteiger partial charge on any atom is -0.326 e. The molecule has 0 unspecified atom stereocenters. The Morgan fingerprint density at radius 2 is 2.00 bits per heavy atom. The van der Waals surface area contributed by atoms with E-state index in [1.165, 1.54) is 0 Å². The van der Waals surface area contributed by atoms with Gasteiger partial charge in [0, 0.05) is 10.7 Å². The minimum absolute atomic E-state index is 0.0313. The summed E-state index contributed by atoms with van der Waals surface area (Å²) in [7, 11) is 0. The van der Waals surface area contributed by atoms with Crippen molar-refractivity contribution in [3.63, 3.8) is 0 Å². The summed E-state index contributed by atoms with van der Waals surface area (Å²) in [5, 5.41) is 3.57. The van der Waals surface area contributed by atoms with E-state index in [-0.39, 0.29) is 27.6 Å². The van der Waals surface area contributed by atoms with Gasteiger partial charge in [-0.25, -0.2) is 0 Å². The molecule has 1 saturated carbocycles. The van der Waals surface area contributed by atoms with Crippen molar-refractivity contribution in [1.29, 1.82) is 0 Å². The second-order valence-electron chi connectivity index (χ2n) is 5.68. The van der Waals surface area contributed by atoms with E-state index in [4.69, 9.17) is 34.8 Å². The molecule has 2 rings (SSSR count). The third-order valence-corrected chi connectivity index (χ3v) is 4.69. The molecule has 1 aliphatic rings. The summed E-state index contributed by atoms with van der Waals surface area (Å²) in [6, 6.07) is 5.45. The molecular formula is C15H16Cl3NO. The molecule has 108 valence electrons. The Morgan fingerprint density at radius 3 is 2.60 bits per heavy atom. The molecule has 20 heavy (non-hydrogen) atoms. The number of carbonyl (C=O) groups excluding carboxylic acids is 1. The molecule has 0 aliphatic heterocycles. The van der Waals surface area contributed by atoms with E-state index in [1.807, 2.05) is 32.9 Å². The molecule has 0 heterocycles. The van der Waals surface area contributed by atoms with Crippen molar-refractivity contribution in [3.8, 4) is 0 Å². The molecule has 5 heteroatoms. The van der Waals surface area contributed by atoms with Crippen molar-refractivity contribution in [3.05, 3.63) is 39.4 Å². The van der Waals surface area contributed by atoms with Gasteiger partial charge in [0.2, 0.25) is 5.91 Å². The third kappa shape index (κ3) is 2.98. The zero-order chi connectivity index (χ0) is 15.1. The smallest absolute Gasteiger partial charge is 0.228 e. The molecule has 0 saturated heterocycles. The van der Waals surface area contributed by atoms with E-state index < -0.39 is 0 Å². The summed E-state index contributed by atoms with van der Waals surface area (Å²) < 4.78 is 0.206. The van der Waals surface area contributed by atoms with Gasteiger partial charge in [-0.2, -0.15) is 0 Å². The average Bonchev–Trinajstić information content (AvgIpc) is 2.86. The van der Waals surface area contributed by atoms with Crippen molar-refractivity contribution in [1.82, 2.24) is 0 Å². The number of rotatable bonds is 3. The molecule has 0 aromatic heterocycles. The molecule has 1 aromatic rings. The fourth-order valence-corrected chi connectivity index (χ4v) is 3.02. The number of amides is 1. The highest BCUT2D eigenvalue weighted by atomic mass is 35.5. The van der Waals surface area contributed by atoms with Gasteiger partial charge in [0.25, 0.3) is 0 Å². The van der Waals surface area contributed by atoms with E-state index in [1.54, 1.807) is 12.1 Å². The van der Waals surface area contributed by atoms with E-state index in [9.17, 15) is 4.79 Å². The summed E-state index contributed by atoms with van der Waals surface area (Å²) in [4.78, 5) is 12.4. The molecular weight excluding hydrogens is 317 g/mol. The highest BCUT2D eigenvalue weighted by molar-refractivity contribution is 6.55. The number of carbonyl (C=O) groups is 1. The Bertz CT molecular complexity index is 576. The summed E-state index contributed by atoms with van der Waals surface area (Å²) >= 11 is 17.4. The van der Waals surface area contributed by atoms with Crippen LogP contribution in [-0.4, -0.2) is 5.91 Å². The fraction of sp³-hybridized carbons (Fsp3) is 0.400. The number of anilines is 1. The lowest BCUT2D eigenvalue weighted by Crippen LogP contribution is -2.17. The first-order valence-electron chi connectivity index (χ1n) is 6.34. The van der Waals surface area contributed by atoms with Crippen molar-refractivity contribution in [2.75, 3.05) is 5.32 Å². The maximum absolute atomic E-state index is 12.4. The van der Waals surface area contributed by atoms with Crippen molar-refractivity contribution in [2.24, 2.45) is 17.3 Å². The maximum Gasteiger partial charge on any atom is 0.228 e. The lowest BCUT2D eigenvalue weighted by molar-refractivity contribution is -0.118. The van der Waals surface area contributed by atoms with E-state index >= 15 is 0 Å². The Kier molecular flexibility index (Phi) is 4.38. The predicted molar refractivity (Wildman–Crippen MR) is 85.4 cm³/mol. The quantitative estimate of drug-likeness (QED) is 0.812. The van der Waals surface area contributed by atoms with Gasteiger partial charge in [0.15, 0.2) is 0 Å². The Morgan fingerprint density at radius 1 is 1.35 bits per heavy atom. The van der Waals surface area contributed by atoms with Gasteiger partial charge in [0.1, 0.15) is 4.49 Å². The van der Waals surface area contributed by atoms with Crippen LogP contribution in [0.2, 0.25) is 5.02 Å². The number of benzene rings is 1. The van der Waals surface area contributed by atoms with Crippen molar-refractivity contribution >= 4 is 46.4 Å². The minimum atomic E-state index is -0.133. The molecule has 1 aliphatic carbocycles. The lowest BCUT2D eigenvalue weighted by Gasteiger charge is -2.10. The second kappa shape index (κ2) is 5.59. The van der Waals surface area contributed by atoms with Gasteiger partial charge >= 0.3 is 0 Å². The second-order valence-corrected chi connectivity index (χ2v) is 7.10.